The lowest BCUT2D eigenvalue weighted by atomic mass is 10.1. The first-order valence-corrected chi connectivity index (χ1v) is 7.26. The lowest BCUT2D eigenvalue weighted by Crippen LogP contribution is -2.33. The molecule has 0 radical (unpaired) electrons. The van der Waals surface area contributed by atoms with E-state index in [9.17, 15) is 9.59 Å². The Morgan fingerprint density at radius 2 is 2.05 bits per heavy atom. The van der Waals surface area contributed by atoms with Gasteiger partial charge < -0.3 is 15.7 Å². The van der Waals surface area contributed by atoms with Crippen LogP contribution in [0.5, 0.6) is 0 Å². The molecule has 1 saturated heterocycles. The Morgan fingerprint density at radius 3 is 2.63 bits per heavy atom. The summed E-state index contributed by atoms with van der Waals surface area (Å²) in [5, 5.41) is 14.3. The van der Waals surface area contributed by atoms with Crippen molar-refractivity contribution in [3.63, 3.8) is 0 Å². The van der Waals surface area contributed by atoms with E-state index in [1.807, 2.05) is 11.8 Å². The molecule has 0 aromatic heterocycles. The van der Waals surface area contributed by atoms with E-state index in [2.05, 4.69) is 10.6 Å². The Hall–Kier alpha value is -1.69. The molecule has 0 saturated carbocycles. The number of rotatable bonds is 4. The van der Waals surface area contributed by atoms with Crippen LogP contribution in [0.25, 0.3) is 0 Å². The summed E-state index contributed by atoms with van der Waals surface area (Å²) in [5.41, 5.74) is 0.789. The standard InChI is InChI=1S/C13H16N2O3S/c16-12(17)10-1-3-11(4-2-10)15-13(18)14-7-9-5-6-19-8-9/h1-4,9H,5-8H2,(H,16,17)(H2,14,15,18). The summed E-state index contributed by atoms with van der Waals surface area (Å²) in [6.45, 7) is 0.687. The van der Waals surface area contributed by atoms with Gasteiger partial charge in [-0.2, -0.15) is 11.8 Å². The fourth-order valence-electron chi connectivity index (χ4n) is 1.85. The average molecular weight is 280 g/mol. The van der Waals surface area contributed by atoms with Crippen molar-refractivity contribution >= 4 is 29.4 Å². The van der Waals surface area contributed by atoms with Gasteiger partial charge in [-0.25, -0.2) is 9.59 Å². The molecule has 3 N–H and O–H groups in total. The third kappa shape index (κ3) is 4.17. The average Bonchev–Trinajstić information content (AvgIpc) is 2.90. The molecule has 1 fully saturated rings. The summed E-state index contributed by atoms with van der Waals surface area (Å²) in [5.74, 6) is 1.86. The van der Waals surface area contributed by atoms with E-state index in [0.29, 0.717) is 18.2 Å². The number of nitrogens with one attached hydrogen (secondary N) is 2. The molecule has 0 spiro atoms. The van der Waals surface area contributed by atoms with Crippen LogP contribution in [0.2, 0.25) is 0 Å². The van der Waals surface area contributed by atoms with Gasteiger partial charge in [0, 0.05) is 12.2 Å². The molecule has 1 aromatic rings. The van der Waals surface area contributed by atoms with Gasteiger partial charge in [-0.05, 0) is 48.1 Å². The van der Waals surface area contributed by atoms with Crippen LogP contribution >= 0.6 is 11.8 Å². The molecule has 5 nitrogen and oxygen atoms in total. The fraction of sp³-hybridized carbons (Fsp3) is 0.385. The molecule has 1 unspecified atom stereocenters. The van der Waals surface area contributed by atoms with Gasteiger partial charge in [-0.3, -0.25) is 0 Å². The summed E-state index contributed by atoms with van der Waals surface area (Å²) < 4.78 is 0. The predicted octanol–water partition coefficient (Wildman–Crippen LogP) is 2.26. The molecule has 1 atom stereocenters. The van der Waals surface area contributed by atoms with E-state index in [4.69, 9.17) is 5.11 Å². The number of carbonyl (C=O) groups excluding carboxylic acids is 1. The first-order chi connectivity index (χ1) is 9.15. The molecular formula is C13H16N2O3S. The molecule has 0 bridgehead atoms. The van der Waals surface area contributed by atoms with Gasteiger partial charge in [0.2, 0.25) is 0 Å². The smallest absolute Gasteiger partial charge is 0.335 e. The van der Waals surface area contributed by atoms with E-state index in [-0.39, 0.29) is 11.6 Å². The molecule has 1 heterocycles. The zero-order valence-electron chi connectivity index (χ0n) is 10.4. The molecule has 2 rings (SSSR count). The second-order valence-electron chi connectivity index (χ2n) is 4.45. The highest BCUT2D eigenvalue weighted by Crippen LogP contribution is 2.22. The number of aromatic carboxylic acids is 1. The van der Waals surface area contributed by atoms with Crippen molar-refractivity contribution in [3.05, 3.63) is 29.8 Å². The third-order valence-electron chi connectivity index (χ3n) is 2.97. The third-order valence-corrected chi connectivity index (χ3v) is 4.20. The summed E-state index contributed by atoms with van der Waals surface area (Å²) in [4.78, 5) is 22.3. The molecule has 2 amide bonds. The summed E-state index contributed by atoms with van der Waals surface area (Å²) in [6.07, 6.45) is 1.15. The fourth-order valence-corrected chi connectivity index (χ4v) is 3.14. The Bertz CT molecular complexity index is 455. The second-order valence-corrected chi connectivity index (χ2v) is 5.60. The van der Waals surface area contributed by atoms with Crippen LogP contribution in [0, 0.1) is 5.92 Å². The SMILES string of the molecule is O=C(NCC1CCSC1)Nc1ccc(C(=O)O)cc1. The summed E-state index contributed by atoms with van der Waals surface area (Å²) in [7, 11) is 0. The van der Waals surface area contributed by atoms with Gasteiger partial charge in [-0.15, -0.1) is 0 Å². The number of thioether (sulfide) groups is 1. The van der Waals surface area contributed by atoms with Crippen molar-refractivity contribution in [1.29, 1.82) is 0 Å². The first kappa shape index (κ1) is 13.7. The molecule has 1 aromatic carbocycles. The number of hydrogen-bond acceptors (Lipinski definition) is 3. The maximum atomic E-state index is 11.6. The number of benzene rings is 1. The van der Waals surface area contributed by atoms with E-state index in [1.54, 1.807) is 12.1 Å². The number of carboxylic acids is 1. The van der Waals surface area contributed by atoms with Crippen molar-refractivity contribution in [3.8, 4) is 0 Å². The van der Waals surface area contributed by atoms with Gasteiger partial charge in [0.1, 0.15) is 0 Å². The van der Waals surface area contributed by atoms with Crippen LogP contribution in [-0.4, -0.2) is 35.2 Å². The van der Waals surface area contributed by atoms with Gasteiger partial charge in [0.25, 0.3) is 0 Å². The van der Waals surface area contributed by atoms with Crippen LogP contribution in [-0.2, 0) is 0 Å². The molecule has 1 aliphatic heterocycles. The highest BCUT2D eigenvalue weighted by atomic mass is 32.2. The Balaban J connectivity index is 1.79. The summed E-state index contributed by atoms with van der Waals surface area (Å²) >= 11 is 1.91. The number of hydrogen-bond donors (Lipinski definition) is 3. The number of carboxylic acid groups (broad SMARTS) is 1. The van der Waals surface area contributed by atoms with Crippen molar-refractivity contribution in [2.24, 2.45) is 5.92 Å². The maximum Gasteiger partial charge on any atom is 0.335 e. The van der Waals surface area contributed by atoms with Crippen LogP contribution in [0.15, 0.2) is 24.3 Å². The van der Waals surface area contributed by atoms with Gasteiger partial charge in [-0.1, -0.05) is 0 Å². The van der Waals surface area contributed by atoms with Crippen LogP contribution in [0.4, 0.5) is 10.5 Å². The van der Waals surface area contributed by atoms with E-state index in [1.165, 1.54) is 17.9 Å². The highest BCUT2D eigenvalue weighted by molar-refractivity contribution is 7.99. The minimum Gasteiger partial charge on any atom is -0.478 e. The number of anilines is 1. The largest absolute Gasteiger partial charge is 0.478 e. The van der Waals surface area contributed by atoms with E-state index in [0.717, 1.165) is 12.2 Å². The van der Waals surface area contributed by atoms with Crippen LogP contribution in [0.3, 0.4) is 0 Å². The highest BCUT2D eigenvalue weighted by Gasteiger charge is 2.16. The predicted molar refractivity (Wildman–Crippen MR) is 75.9 cm³/mol. The zero-order chi connectivity index (χ0) is 13.7. The Labute approximate surface area is 115 Å². The van der Waals surface area contributed by atoms with Crippen molar-refractivity contribution in [1.82, 2.24) is 5.32 Å². The normalized spacial score (nSPS) is 18.0. The molecule has 0 aliphatic carbocycles. The minimum absolute atomic E-state index is 0.203. The molecule has 1 aliphatic rings. The Morgan fingerprint density at radius 1 is 1.32 bits per heavy atom. The van der Waals surface area contributed by atoms with Crippen LogP contribution in [0.1, 0.15) is 16.8 Å². The number of carbonyl (C=O) groups is 2. The molecular weight excluding hydrogens is 264 g/mol. The lowest BCUT2D eigenvalue weighted by molar-refractivity contribution is 0.0697. The van der Waals surface area contributed by atoms with E-state index < -0.39 is 5.97 Å². The van der Waals surface area contributed by atoms with Crippen molar-refractivity contribution in [2.45, 2.75) is 6.42 Å². The second kappa shape index (κ2) is 6.47. The zero-order valence-corrected chi connectivity index (χ0v) is 11.2. The van der Waals surface area contributed by atoms with Crippen molar-refractivity contribution in [2.75, 3.05) is 23.4 Å². The van der Waals surface area contributed by atoms with Crippen molar-refractivity contribution < 1.29 is 14.7 Å². The summed E-state index contributed by atoms with van der Waals surface area (Å²) in [6, 6.07) is 5.83. The lowest BCUT2D eigenvalue weighted by Gasteiger charge is -2.11. The quantitative estimate of drug-likeness (QED) is 0.790. The molecule has 102 valence electrons. The van der Waals surface area contributed by atoms with Crippen LogP contribution < -0.4 is 10.6 Å². The Kier molecular flexibility index (Phi) is 4.68. The molecule has 19 heavy (non-hydrogen) atoms. The minimum atomic E-state index is -0.977. The first-order valence-electron chi connectivity index (χ1n) is 6.11. The molecule has 6 heteroatoms. The topological polar surface area (TPSA) is 78.4 Å². The maximum absolute atomic E-state index is 11.6. The monoisotopic (exact) mass is 280 g/mol. The van der Waals surface area contributed by atoms with Gasteiger partial charge >= 0.3 is 12.0 Å². The van der Waals surface area contributed by atoms with Gasteiger partial charge in [0.15, 0.2) is 0 Å². The van der Waals surface area contributed by atoms with Gasteiger partial charge in [0.05, 0.1) is 5.56 Å². The number of amides is 2. The van der Waals surface area contributed by atoms with E-state index >= 15 is 0 Å². The number of urea groups is 1.